The number of ether oxygens (including phenoxy) is 1. The van der Waals surface area contributed by atoms with Gasteiger partial charge in [-0.2, -0.15) is 0 Å². The number of rotatable bonds is 5. The summed E-state index contributed by atoms with van der Waals surface area (Å²) < 4.78 is 5.56. The van der Waals surface area contributed by atoms with E-state index in [2.05, 4.69) is 17.1 Å². The first-order valence-electron chi connectivity index (χ1n) is 5.80. The molecule has 0 unspecified atom stereocenters. The lowest BCUT2D eigenvalue weighted by molar-refractivity contribution is 0.309. The highest BCUT2D eigenvalue weighted by Crippen LogP contribution is 2.19. The molecule has 17 heavy (non-hydrogen) atoms. The molecule has 1 heterocycles. The molecule has 0 aliphatic carbocycles. The number of aromatic amines is 2. The minimum Gasteiger partial charge on any atom is -0.494 e. The topological polar surface area (TPSA) is 57.9 Å². The normalized spacial score (nSPS) is 10.4. The Labute approximate surface area is 99.6 Å². The fourth-order valence-corrected chi connectivity index (χ4v) is 1.55. The first kappa shape index (κ1) is 11.5. The summed E-state index contributed by atoms with van der Waals surface area (Å²) in [5.74, 6) is 0.861. The number of H-pyrrole nitrogens is 2. The molecule has 0 spiro atoms. The van der Waals surface area contributed by atoms with Gasteiger partial charge in [-0.05, 0) is 36.2 Å². The van der Waals surface area contributed by atoms with Crippen LogP contribution in [0.15, 0.2) is 35.1 Å². The predicted molar refractivity (Wildman–Crippen MR) is 67.3 cm³/mol. The van der Waals surface area contributed by atoms with Gasteiger partial charge in [-0.3, -0.25) is 15.0 Å². The average molecular weight is 232 g/mol. The van der Waals surface area contributed by atoms with Gasteiger partial charge in [0, 0.05) is 6.07 Å². The zero-order valence-electron chi connectivity index (χ0n) is 9.82. The molecule has 0 fully saturated rings. The molecule has 0 saturated carbocycles. The van der Waals surface area contributed by atoms with Crippen LogP contribution in [0.5, 0.6) is 5.75 Å². The largest absolute Gasteiger partial charge is 0.494 e. The van der Waals surface area contributed by atoms with E-state index in [9.17, 15) is 4.79 Å². The summed E-state index contributed by atoms with van der Waals surface area (Å²) in [6, 6.07) is 9.22. The minimum absolute atomic E-state index is 0.122. The summed E-state index contributed by atoms with van der Waals surface area (Å²) in [6.07, 6.45) is 2.19. The van der Waals surface area contributed by atoms with Gasteiger partial charge in [0.25, 0.3) is 5.56 Å². The molecule has 0 bridgehead atoms. The van der Waals surface area contributed by atoms with Crippen molar-refractivity contribution in [3.8, 4) is 17.0 Å². The van der Waals surface area contributed by atoms with E-state index in [0.29, 0.717) is 0 Å². The summed E-state index contributed by atoms with van der Waals surface area (Å²) in [6.45, 7) is 2.88. The molecular weight excluding hydrogens is 216 g/mol. The highest BCUT2D eigenvalue weighted by molar-refractivity contribution is 5.59. The minimum atomic E-state index is -0.122. The summed E-state index contributed by atoms with van der Waals surface area (Å²) in [5.41, 5.74) is 1.63. The van der Waals surface area contributed by atoms with Crippen LogP contribution in [0.4, 0.5) is 0 Å². The van der Waals surface area contributed by atoms with Gasteiger partial charge >= 0.3 is 0 Å². The van der Waals surface area contributed by atoms with Crippen molar-refractivity contribution in [2.24, 2.45) is 0 Å². The van der Waals surface area contributed by atoms with Gasteiger partial charge < -0.3 is 4.74 Å². The second-order valence-corrected chi connectivity index (χ2v) is 3.90. The van der Waals surface area contributed by atoms with Crippen LogP contribution < -0.4 is 10.3 Å². The predicted octanol–water partition coefficient (Wildman–Crippen LogP) is 2.55. The summed E-state index contributed by atoms with van der Waals surface area (Å²) in [4.78, 5) is 11.0. The molecule has 0 radical (unpaired) electrons. The number of aromatic nitrogens is 2. The first-order valence-corrected chi connectivity index (χ1v) is 5.80. The van der Waals surface area contributed by atoms with Crippen LogP contribution >= 0.6 is 0 Å². The number of hydrogen-bond donors (Lipinski definition) is 2. The smallest absolute Gasteiger partial charge is 0.264 e. The van der Waals surface area contributed by atoms with Crippen LogP contribution in [-0.2, 0) is 0 Å². The van der Waals surface area contributed by atoms with Crippen molar-refractivity contribution in [3.05, 3.63) is 40.7 Å². The third-order valence-corrected chi connectivity index (χ3v) is 2.53. The van der Waals surface area contributed by atoms with Gasteiger partial charge in [0.2, 0.25) is 0 Å². The summed E-state index contributed by atoms with van der Waals surface area (Å²) in [5, 5.41) is 5.33. The fourth-order valence-electron chi connectivity index (χ4n) is 1.55. The molecule has 0 aliphatic heterocycles. The number of hydrogen-bond acceptors (Lipinski definition) is 2. The molecule has 2 aromatic rings. The van der Waals surface area contributed by atoms with Crippen LogP contribution in [0.1, 0.15) is 19.8 Å². The van der Waals surface area contributed by atoms with E-state index in [-0.39, 0.29) is 5.56 Å². The van der Waals surface area contributed by atoms with Gasteiger partial charge in [0.15, 0.2) is 0 Å². The zero-order valence-corrected chi connectivity index (χ0v) is 9.82. The third-order valence-electron chi connectivity index (χ3n) is 2.53. The quantitative estimate of drug-likeness (QED) is 0.778. The second kappa shape index (κ2) is 5.39. The lowest BCUT2D eigenvalue weighted by Crippen LogP contribution is -1.95. The van der Waals surface area contributed by atoms with E-state index in [1.807, 2.05) is 24.3 Å². The number of unbranched alkanes of at least 4 members (excludes halogenated alkanes) is 1. The second-order valence-electron chi connectivity index (χ2n) is 3.90. The van der Waals surface area contributed by atoms with Gasteiger partial charge in [0.1, 0.15) is 5.75 Å². The fraction of sp³-hybridized carbons (Fsp3) is 0.308. The van der Waals surface area contributed by atoms with Crippen molar-refractivity contribution >= 4 is 0 Å². The van der Waals surface area contributed by atoms with Crippen LogP contribution in [0.2, 0.25) is 0 Å². The lowest BCUT2D eigenvalue weighted by Gasteiger charge is -2.05. The maximum Gasteiger partial charge on any atom is 0.264 e. The van der Waals surface area contributed by atoms with Gasteiger partial charge in [0.05, 0.1) is 12.3 Å². The molecule has 0 saturated heterocycles. The molecule has 4 nitrogen and oxygen atoms in total. The number of benzene rings is 1. The van der Waals surface area contributed by atoms with Crippen molar-refractivity contribution in [2.45, 2.75) is 19.8 Å². The van der Waals surface area contributed by atoms with E-state index in [1.165, 1.54) is 6.07 Å². The molecule has 1 aromatic carbocycles. The van der Waals surface area contributed by atoms with E-state index in [1.54, 1.807) is 0 Å². The molecule has 4 heteroatoms. The summed E-state index contributed by atoms with van der Waals surface area (Å²) in [7, 11) is 0. The van der Waals surface area contributed by atoms with E-state index < -0.39 is 0 Å². The van der Waals surface area contributed by atoms with Gasteiger partial charge in [-0.25, -0.2) is 0 Å². The van der Waals surface area contributed by atoms with Crippen molar-refractivity contribution in [2.75, 3.05) is 6.61 Å². The Morgan fingerprint density at radius 3 is 2.53 bits per heavy atom. The zero-order chi connectivity index (χ0) is 12.1. The van der Waals surface area contributed by atoms with Crippen LogP contribution in [0.3, 0.4) is 0 Å². The Kier molecular flexibility index (Phi) is 3.65. The Morgan fingerprint density at radius 2 is 1.94 bits per heavy atom. The van der Waals surface area contributed by atoms with Crippen LogP contribution in [0.25, 0.3) is 11.3 Å². The van der Waals surface area contributed by atoms with E-state index in [4.69, 9.17) is 4.74 Å². The number of nitrogens with one attached hydrogen (secondary N) is 2. The highest BCUT2D eigenvalue weighted by atomic mass is 16.5. The molecule has 2 N–H and O–H groups in total. The first-order chi connectivity index (χ1) is 8.29. The third kappa shape index (κ3) is 3.00. The maximum absolute atomic E-state index is 11.0. The van der Waals surface area contributed by atoms with Gasteiger partial charge in [-0.15, -0.1) is 0 Å². The molecular formula is C13H16N2O2. The molecule has 0 amide bonds. The SMILES string of the molecule is CCCCOc1ccc(-c2cc(=O)[nH][nH]2)cc1. The Hall–Kier alpha value is -1.97. The standard InChI is InChI=1S/C13H16N2O2/c1-2-3-8-17-11-6-4-10(5-7-11)12-9-13(16)15-14-12/h4-7,9H,2-3,8H2,1H3,(H2,14,15,16). The Balaban J connectivity index is 2.05. The monoisotopic (exact) mass is 232 g/mol. The van der Waals surface area contributed by atoms with E-state index >= 15 is 0 Å². The molecule has 0 aliphatic rings. The molecule has 2 rings (SSSR count). The van der Waals surface area contributed by atoms with Crippen molar-refractivity contribution in [1.29, 1.82) is 0 Å². The Bertz CT molecular complexity index is 511. The van der Waals surface area contributed by atoms with Gasteiger partial charge in [-0.1, -0.05) is 13.3 Å². The molecule has 90 valence electrons. The molecule has 1 aromatic heterocycles. The van der Waals surface area contributed by atoms with Crippen molar-refractivity contribution in [1.82, 2.24) is 10.2 Å². The van der Waals surface area contributed by atoms with Crippen LogP contribution in [-0.4, -0.2) is 16.8 Å². The molecule has 0 atom stereocenters. The lowest BCUT2D eigenvalue weighted by atomic mass is 10.1. The van der Waals surface area contributed by atoms with Crippen molar-refractivity contribution < 1.29 is 4.74 Å². The van der Waals surface area contributed by atoms with E-state index in [0.717, 1.165) is 36.5 Å². The average Bonchev–Trinajstić information content (AvgIpc) is 2.77. The highest BCUT2D eigenvalue weighted by Gasteiger charge is 2.00. The van der Waals surface area contributed by atoms with Crippen LogP contribution in [0, 0.1) is 0 Å². The Morgan fingerprint density at radius 1 is 1.18 bits per heavy atom. The maximum atomic E-state index is 11.0. The van der Waals surface area contributed by atoms with Crippen molar-refractivity contribution in [3.63, 3.8) is 0 Å². The summed E-state index contributed by atoms with van der Waals surface area (Å²) >= 11 is 0.